The minimum atomic E-state index is -3.72. The molecule has 3 aromatic rings. The van der Waals surface area contributed by atoms with E-state index in [0.29, 0.717) is 34.1 Å². The quantitative estimate of drug-likeness (QED) is 0.742. The normalized spacial score (nSPS) is 13.8. The number of nitrogens with one attached hydrogen (secondary N) is 1. The van der Waals surface area contributed by atoms with Crippen LogP contribution in [0.2, 0.25) is 5.02 Å². The molecule has 6 nitrogen and oxygen atoms in total. The van der Waals surface area contributed by atoms with E-state index in [-0.39, 0.29) is 0 Å². The topological polar surface area (TPSA) is 76.9 Å². The third kappa shape index (κ3) is 3.23. The van der Waals surface area contributed by atoms with E-state index in [1.165, 1.54) is 17.3 Å². The number of hydrogen-bond acceptors (Lipinski definition) is 4. The van der Waals surface area contributed by atoms with Crippen molar-refractivity contribution in [3.63, 3.8) is 0 Å². The van der Waals surface area contributed by atoms with Gasteiger partial charge in [0.2, 0.25) is 0 Å². The standard InChI is InChI=1S/C18H15ClN4O2S/c19-15-6-8-18(23-12-20-11-21-23)17(10-15)22-26(24,25)16-7-5-13-3-1-2-4-14(13)9-16/h1-4,6,8-12,22H,5,7H2. The first kappa shape index (κ1) is 16.8. The highest BCUT2D eigenvalue weighted by molar-refractivity contribution is 7.96. The zero-order valence-corrected chi connectivity index (χ0v) is 15.2. The van der Waals surface area contributed by atoms with Gasteiger partial charge >= 0.3 is 0 Å². The molecule has 8 heteroatoms. The number of aromatic nitrogens is 3. The molecule has 0 atom stereocenters. The second-order valence-electron chi connectivity index (χ2n) is 5.92. The Kier molecular flexibility index (Phi) is 4.26. The molecule has 0 aliphatic heterocycles. The van der Waals surface area contributed by atoms with Crippen LogP contribution in [0.25, 0.3) is 11.8 Å². The van der Waals surface area contributed by atoms with Gasteiger partial charge in [0.25, 0.3) is 10.0 Å². The maximum Gasteiger partial charge on any atom is 0.258 e. The number of sulfonamides is 1. The molecule has 0 unspecified atom stereocenters. The van der Waals surface area contributed by atoms with E-state index in [1.807, 2.05) is 24.3 Å². The van der Waals surface area contributed by atoms with Gasteiger partial charge in [0.1, 0.15) is 12.7 Å². The van der Waals surface area contributed by atoms with E-state index in [9.17, 15) is 8.42 Å². The highest BCUT2D eigenvalue weighted by atomic mass is 35.5. The third-order valence-corrected chi connectivity index (χ3v) is 5.96. The first-order valence-electron chi connectivity index (χ1n) is 7.99. The molecular formula is C18H15ClN4O2S. The third-order valence-electron chi connectivity index (χ3n) is 4.23. The molecule has 0 fully saturated rings. The highest BCUT2D eigenvalue weighted by Crippen LogP contribution is 2.30. The molecule has 4 rings (SSSR count). The van der Waals surface area contributed by atoms with E-state index in [2.05, 4.69) is 14.8 Å². The number of benzene rings is 2. The molecule has 0 bridgehead atoms. The van der Waals surface area contributed by atoms with Gasteiger partial charge in [-0.3, -0.25) is 4.72 Å². The average Bonchev–Trinajstić information content (AvgIpc) is 3.15. The summed E-state index contributed by atoms with van der Waals surface area (Å²) >= 11 is 6.07. The van der Waals surface area contributed by atoms with E-state index in [0.717, 1.165) is 11.1 Å². The predicted octanol–water partition coefficient (Wildman–Crippen LogP) is 3.65. The first-order chi connectivity index (χ1) is 12.5. The Morgan fingerprint density at radius 1 is 1.12 bits per heavy atom. The predicted molar refractivity (Wildman–Crippen MR) is 102 cm³/mol. The Bertz CT molecular complexity index is 1090. The van der Waals surface area contributed by atoms with Gasteiger partial charge in [-0.25, -0.2) is 18.1 Å². The van der Waals surface area contributed by atoms with Gasteiger partial charge in [0.15, 0.2) is 0 Å². The van der Waals surface area contributed by atoms with Crippen molar-refractivity contribution in [3.8, 4) is 5.69 Å². The largest absolute Gasteiger partial charge is 0.278 e. The molecule has 0 radical (unpaired) electrons. The van der Waals surface area contributed by atoms with Crippen LogP contribution < -0.4 is 4.72 Å². The summed E-state index contributed by atoms with van der Waals surface area (Å²) in [5.74, 6) is 0. The molecule has 1 heterocycles. The zero-order valence-electron chi connectivity index (χ0n) is 13.6. The van der Waals surface area contributed by atoms with Gasteiger partial charge in [0.05, 0.1) is 16.3 Å². The molecule has 1 aliphatic rings. The van der Waals surface area contributed by atoms with Crippen molar-refractivity contribution in [2.24, 2.45) is 0 Å². The van der Waals surface area contributed by atoms with E-state index in [4.69, 9.17) is 11.6 Å². The Morgan fingerprint density at radius 3 is 2.77 bits per heavy atom. The summed E-state index contributed by atoms with van der Waals surface area (Å²) in [7, 11) is -3.72. The number of rotatable bonds is 4. The van der Waals surface area contributed by atoms with Crippen LogP contribution in [-0.4, -0.2) is 23.2 Å². The van der Waals surface area contributed by atoms with Crippen LogP contribution >= 0.6 is 11.6 Å². The van der Waals surface area contributed by atoms with Gasteiger partial charge in [0, 0.05) is 5.02 Å². The van der Waals surface area contributed by atoms with Crippen LogP contribution in [0, 0.1) is 0 Å². The van der Waals surface area contributed by atoms with Crippen molar-refractivity contribution in [1.29, 1.82) is 0 Å². The number of fused-ring (bicyclic) bond motifs is 1. The maximum absolute atomic E-state index is 12.9. The van der Waals surface area contributed by atoms with Crippen LogP contribution in [0.1, 0.15) is 17.5 Å². The van der Waals surface area contributed by atoms with Gasteiger partial charge in [-0.05, 0) is 48.2 Å². The molecule has 132 valence electrons. The lowest BCUT2D eigenvalue weighted by molar-refractivity contribution is 0.605. The highest BCUT2D eigenvalue weighted by Gasteiger charge is 2.23. The Labute approximate surface area is 156 Å². The van der Waals surface area contributed by atoms with Crippen LogP contribution in [0.15, 0.2) is 60.0 Å². The second-order valence-corrected chi connectivity index (χ2v) is 8.09. The molecule has 26 heavy (non-hydrogen) atoms. The van der Waals surface area contributed by atoms with E-state index < -0.39 is 10.0 Å². The molecule has 2 aromatic carbocycles. The summed E-state index contributed by atoms with van der Waals surface area (Å²) < 4.78 is 30.0. The Morgan fingerprint density at radius 2 is 1.96 bits per heavy atom. The molecule has 1 N–H and O–H groups in total. The molecule has 0 spiro atoms. The van der Waals surface area contributed by atoms with Crippen molar-refractivity contribution in [3.05, 3.63) is 76.2 Å². The second kappa shape index (κ2) is 6.59. The molecule has 1 aliphatic carbocycles. The van der Waals surface area contributed by atoms with Crippen molar-refractivity contribution >= 4 is 33.4 Å². The van der Waals surface area contributed by atoms with Crippen molar-refractivity contribution in [2.75, 3.05) is 4.72 Å². The van der Waals surface area contributed by atoms with Crippen LogP contribution in [-0.2, 0) is 16.4 Å². The number of halogens is 1. The first-order valence-corrected chi connectivity index (χ1v) is 9.85. The maximum atomic E-state index is 12.9. The van der Waals surface area contributed by atoms with Gasteiger partial charge in [-0.2, -0.15) is 5.10 Å². The van der Waals surface area contributed by atoms with Gasteiger partial charge in [-0.1, -0.05) is 35.9 Å². The lowest BCUT2D eigenvalue weighted by atomic mass is 9.98. The van der Waals surface area contributed by atoms with Crippen LogP contribution in [0.3, 0.4) is 0 Å². The SMILES string of the molecule is O=S(=O)(Nc1cc(Cl)ccc1-n1cncn1)C1=Cc2ccccc2CC1. The summed E-state index contributed by atoms with van der Waals surface area (Å²) in [5.41, 5.74) is 2.98. The number of anilines is 1. The smallest absolute Gasteiger partial charge is 0.258 e. The van der Waals surface area contributed by atoms with Gasteiger partial charge < -0.3 is 0 Å². The van der Waals surface area contributed by atoms with Crippen LogP contribution in [0.5, 0.6) is 0 Å². The van der Waals surface area contributed by atoms with Crippen LogP contribution in [0.4, 0.5) is 5.69 Å². The number of nitrogens with zero attached hydrogens (tertiary/aromatic N) is 3. The fourth-order valence-corrected chi connectivity index (χ4v) is 4.36. The fraction of sp³-hybridized carbons (Fsp3) is 0.111. The van der Waals surface area contributed by atoms with Crippen molar-refractivity contribution in [1.82, 2.24) is 14.8 Å². The minimum absolute atomic E-state index is 0.348. The summed E-state index contributed by atoms with van der Waals surface area (Å²) in [6.07, 6.45) is 5.74. The summed E-state index contributed by atoms with van der Waals surface area (Å²) in [6.45, 7) is 0. The number of hydrogen-bond donors (Lipinski definition) is 1. The molecular weight excluding hydrogens is 372 g/mol. The molecule has 0 saturated heterocycles. The van der Waals surface area contributed by atoms with Crippen molar-refractivity contribution in [2.45, 2.75) is 12.8 Å². The summed E-state index contributed by atoms with van der Waals surface area (Å²) in [5, 5.41) is 4.49. The van der Waals surface area contributed by atoms with Gasteiger partial charge in [-0.15, -0.1) is 0 Å². The average molecular weight is 387 g/mol. The molecule has 0 amide bonds. The lowest BCUT2D eigenvalue weighted by Gasteiger charge is -2.18. The summed E-state index contributed by atoms with van der Waals surface area (Å²) in [6, 6.07) is 12.7. The molecule has 0 saturated carbocycles. The molecule has 1 aromatic heterocycles. The fourth-order valence-electron chi connectivity index (χ4n) is 2.95. The lowest BCUT2D eigenvalue weighted by Crippen LogP contribution is -2.18. The summed E-state index contributed by atoms with van der Waals surface area (Å²) in [4.78, 5) is 4.25. The monoisotopic (exact) mass is 386 g/mol. The Hall–Kier alpha value is -2.64. The number of aryl methyl sites for hydroxylation is 1. The van der Waals surface area contributed by atoms with E-state index in [1.54, 1.807) is 24.3 Å². The Balaban J connectivity index is 1.72. The van der Waals surface area contributed by atoms with Crippen molar-refractivity contribution < 1.29 is 8.42 Å². The zero-order chi connectivity index (χ0) is 18.1. The number of allylic oxidation sites excluding steroid dienone is 1. The minimum Gasteiger partial charge on any atom is -0.278 e. The van der Waals surface area contributed by atoms with E-state index >= 15 is 0 Å².